The third-order valence-electron chi connectivity index (χ3n) is 6.73. The molecule has 1 unspecified atom stereocenters. The fourth-order valence-electron chi connectivity index (χ4n) is 4.63. The fourth-order valence-corrected chi connectivity index (χ4v) is 4.63. The van der Waals surface area contributed by atoms with Gasteiger partial charge < -0.3 is 4.74 Å². The van der Waals surface area contributed by atoms with Gasteiger partial charge in [-0.25, -0.2) is 8.78 Å². The van der Waals surface area contributed by atoms with Crippen LogP contribution in [0, 0.1) is 11.7 Å². The lowest BCUT2D eigenvalue weighted by molar-refractivity contribution is -0.304. The summed E-state index contributed by atoms with van der Waals surface area (Å²) in [6.07, 6.45) is -2.68. The van der Waals surface area contributed by atoms with Crippen molar-refractivity contribution in [3.63, 3.8) is 0 Å². The molecule has 0 saturated heterocycles. The number of hydrogen-bond donors (Lipinski definition) is 0. The summed E-state index contributed by atoms with van der Waals surface area (Å²) in [7, 11) is 0. The molecule has 3 rings (SSSR count). The molecule has 8 heteroatoms. The minimum atomic E-state index is -5.75. The first-order valence-electron chi connectivity index (χ1n) is 12.3. The van der Waals surface area contributed by atoms with Gasteiger partial charge in [-0.15, -0.1) is 0 Å². The van der Waals surface area contributed by atoms with Gasteiger partial charge in [0.25, 0.3) is 6.17 Å². The van der Waals surface area contributed by atoms with Crippen LogP contribution in [0.1, 0.15) is 80.9 Å². The second-order valence-electron chi connectivity index (χ2n) is 9.46. The Morgan fingerprint density at radius 3 is 2.17 bits per heavy atom. The highest BCUT2D eigenvalue weighted by molar-refractivity contribution is 5.70. The van der Waals surface area contributed by atoms with E-state index in [1.54, 1.807) is 12.1 Å². The third-order valence-corrected chi connectivity index (χ3v) is 6.73. The normalized spacial score (nSPS) is 20.0. The van der Waals surface area contributed by atoms with Gasteiger partial charge in [-0.05, 0) is 66.8 Å². The standard InChI is InChI=1S/C28H31F7O/c1-2-3-4-5-19-6-11-21(12-7-19)23-15-14-22(25(29)18-23)13-8-20-9-16-24(17-10-20)36-28(34,35)26(30)27(31,32)33/h8-10,13-19,21,26H,2-7,11-12H2,1H3. The summed E-state index contributed by atoms with van der Waals surface area (Å²) in [5, 5.41) is 0. The predicted octanol–water partition coefficient (Wildman–Crippen LogP) is 9.72. The Morgan fingerprint density at radius 1 is 0.917 bits per heavy atom. The molecule has 0 aromatic heterocycles. The second kappa shape index (κ2) is 12.2. The highest BCUT2D eigenvalue weighted by atomic mass is 19.4. The van der Waals surface area contributed by atoms with Crippen molar-refractivity contribution in [1.82, 2.24) is 0 Å². The van der Waals surface area contributed by atoms with Crippen LogP contribution in [0.2, 0.25) is 0 Å². The molecule has 1 aliphatic carbocycles. The summed E-state index contributed by atoms with van der Waals surface area (Å²) in [4.78, 5) is 0. The van der Waals surface area contributed by atoms with Crippen LogP contribution < -0.4 is 4.74 Å². The first-order chi connectivity index (χ1) is 17.0. The Labute approximate surface area is 207 Å². The van der Waals surface area contributed by atoms with E-state index in [4.69, 9.17) is 0 Å². The molecule has 1 nitrogen and oxygen atoms in total. The van der Waals surface area contributed by atoms with Gasteiger partial charge >= 0.3 is 12.3 Å². The molecule has 0 amide bonds. The minimum absolute atomic E-state index is 0.351. The van der Waals surface area contributed by atoms with Crippen molar-refractivity contribution in [3.05, 3.63) is 65.0 Å². The summed E-state index contributed by atoms with van der Waals surface area (Å²) in [5.41, 5.74) is 1.82. The summed E-state index contributed by atoms with van der Waals surface area (Å²) in [6, 6.07) is 9.78. The molecule has 0 spiro atoms. The maximum absolute atomic E-state index is 14.7. The number of unbranched alkanes of at least 4 members (excludes halogenated alkanes) is 2. The highest BCUT2D eigenvalue weighted by Crippen LogP contribution is 2.39. The largest absolute Gasteiger partial charge is 0.439 e. The van der Waals surface area contributed by atoms with Crippen molar-refractivity contribution >= 4 is 12.2 Å². The highest BCUT2D eigenvalue weighted by Gasteiger charge is 2.59. The molecule has 0 radical (unpaired) electrons. The SMILES string of the molecule is CCCCCC1CCC(c2ccc(C=Cc3ccc(OC(F)(F)C(F)C(F)(F)F)cc3)c(F)c2)CC1. The average molecular weight is 517 g/mol. The minimum Gasteiger partial charge on any atom is -0.430 e. The molecule has 0 N–H and O–H groups in total. The topological polar surface area (TPSA) is 9.23 Å². The van der Waals surface area contributed by atoms with Crippen LogP contribution in [0.5, 0.6) is 5.75 Å². The van der Waals surface area contributed by atoms with Crippen molar-refractivity contribution in [2.75, 3.05) is 0 Å². The molecule has 1 atom stereocenters. The van der Waals surface area contributed by atoms with E-state index in [9.17, 15) is 30.7 Å². The van der Waals surface area contributed by atoms with Gasteiger partial charge in [-0.1, -0.05) is 69.0 Å². The molecule has 198 valence electrons. The summed E-state index contributed by atoms with van der Waals surface area (Å²) >= 11 is 0. The fraction of sp³-hybridized carbons (Fsp3) is 0.500. The second-order valence-corrected chi connectivity index (χ2v) is 9.46. The number of hydrogen-bond acceptors (Lipinski definition) is 1. The molecule has 0 aliphatic heterocycles. The number of alkyl halides is 6. The summed E-state index contributed by atoms with van der Waals surface area (Å²) < 4.78 is 95.1. The van der Waals surface area contributed by atoms with Gasteiger partial charge in [0.15, 0.2) is 0 Å². The van der Waals surface area contributed by atoms with E-state index in [0.29, 0.717) is 17.0 Å². The first kappa shape index (κ1) is 28.1. The molecule has 2 aromatic carbocycles. The van der Waals surface area contributed by atoms with Crippen LogP contribution in [0.25, 0.3) is 12.2 Å². The van der Waals surface area contributed by atoms with E-state index in [1.807, 2.05) is 6.07 Å². The zero-order chi connectivity index (χ0) is 26.3. The molecular weight excluding hydrogens is 485 g/mol. The van der Waals surface area contributed by atoms with Gasteiger partial charge in [0.2, 0.25) is 0 Å². The Bertz CT molecular complexity index is 990. The lowest BCUT2D eigenvalue weighted by atomic mass is 9.77. The maximum atomic E-state index is 14.7. The molecule has 1 saturated carbocycles. The van der Waals surface area contributed by atoms with Gasteiger partial charge in [0.05, 0.1) is 0 Å². The van der Waals surface area contributed by atoms with E-state index < -0.39 is 24.2 Å². The van der Waals surface area contributed by atoms with Crippen molar-refractivity contribution in [3.8, 4) is 5.75 Å². The number of halogens is 7. The number of benzene rings is 2. The summed E-state index contributed by atoms with van der Waals surface area (Å²) in [6.45, 7) is 2.20. The molecule has 0 bridgehead atoms. The Hall–Kier alpha value is -2.51. The van der Waals surface area contributed by atoms with Crippen LogP contribution in [0.15, 0.2) is 42.5 Å². The smallest absolute Gasteiger partial charge is 0.430 e. The van der Waals surface area contributed by atoms with E-state index in [2.05, 4.69) is 11.7 Å². The zero-order valence-corrected chi connectivity index (χ0v) is 20.1. The van der Waals surface area contributed by atoms with Crippen molar-refractivity contribution in [2.45, 2.75) is 82.7 Å². The van der Waals surface area contributed by atoms with Gasteiger partial charge in [-0.2, -0.15) is 22.0 Å². The van der Waals surface area contributed by atoms with Gasteiger partial charge in [0.1, 0.15) is 11.6 Å². The van der Waals surface area contributed by atoms with Crippen LogP contribution in [-0.4, -0.2) is 18.5 Å². The number of ether oxygens (including phenoxy) is 1. The van der Waals surface area contributed by atoms with Crippen LogP contribution >= 0.6 is 0 Å². The average Bonchev–Trinajstić information content (AvgIpc) is 2.83. The molecule has 36 heavy (non-hydrogen) atoms. The lowest BCUT2D eigenvalue weighted by Crippen LogP contribution is -2.45. The molecule has 0 heterocycles. The summed E-state index contributed by atoms with van der Waals surface area (Å²) in [5.74, 6) is 0.132. The van der Waals surface area contributed by atoms with E-state index >= 15 is 0 Å². The van der Waals surface area contributed by atoms with Gasteiger partial charge in [0, 0.05) is 5.56 Å². The monoisotopic (exact) mass is 516 g/mol. The van der Waals surface area contributed by atoms with Crippen molar-refractivity contribution in [1.29, 1.82) is 0 Å². The first-order valence-corrected chi connectivity index (χ1v) is 12.3. The van der Waals surface area contributed by atoms with Crippen molar-refractivity contribution in [2.24, 2.45) is 5.92 Å². The lowest BCUT2D eigenvalue weighted by Gasteiger charge is -2.29. The Balaban J connectivity index is 1.57. The Kier molecular flexibility index (Phi) is 9.47. The van der Waals surface area contributed by atoms with Crippen LogP contribution in [0.3, 0.4) is 0 Å². The van der Waals surface area contributed by atoms with E-state index in [0.717, 1.165) is 36.5 Å². The molecule has 2 aromatic rings. The Morgan fingerprint density at radius 2 is 1.58 bits per heavy atom. The number of rotatable bonds is 10. The molecule has 1 fully saturated rings. The van der Waals surface area contributed by atoms with Gasteiger partial charge in [-0.3, -0.25) is 0 Å². The predicted molar refractivity (Wildman–Crippen MR) is 127 cm³/mol. The van der Waals surface area contributed by atoms with Crippen LogP contribution in [-0.2, 0) is 0 Å². The molecular formula is C28H31F7O. The van der Waals surface area contributed by atoms with E-state index in [-0.39, 0.29) is 5.82 Å². The quantitative estimate of drug-likeness (QED) is 0.174. The zero-order valence-electron chi connectivity index (χ0n) is 20.1. The maximum Gasteiger partial charge on any atom is 0.439 e. The third kappa shape index (κ3) is 7.74. The van der Waals surface area contributed by atoms with E-state index in [1.165, 1.54) is 62.8 Å². The molecule has 1 aliphatic rings. The van der Waals surface area contributed by atoms with Crippen molar-refractivity contribution < 1.29 is 35.5 Å². The van der Waals surface area contributed by atoms with Crippen LogP contribution in [0.4, 0.5) is 30.7 Å².